The third-order valence-corrected chi connectivity index (χ3v) is 4.75. The highest BCUT2D eigenvalue weighted by molar-refractivity contribution is 9.10. The van der Waals surface area contributed by atoms with E-state index in [2.05, 4.69) is 21.2 Å². The minimum absolute atomic E-state index is 0.134. The van der Waals surface area contributed by atoms with Crippen molar-refractivity contribution in [2.24, 2.45) is 0 Å². The van der Waals surface area contributed by atoms with E-state index in [0.717, 1.165) is 15.7 Å². The number of carbonyl (C=O) groups excluding carboxylic acids is 1. The lowest BCUT2D eigenvalue weighted by atomic mass is 10.2. The van der Waals surface area contributed by atoms with Gasteiger partial charge in [-0.3, -0.25) is 4.79 Å². The summed E-state index contributed by atoms with van der Waals surface area (Å²) < 4.78 is 13.9. The molecule has 2 aromatic rings. The molecule has 0 bridgehead atoms. The van der Waals surface area contributed by atoms with E-state index in [1.54, 1.807) is 6.07 Å². The maximum Gasteiger partial charge on any atom is 0.234 e. The Morgan fingerprint density at radius 3 is 2.76 bits per heavy atom. The third kappa shape index (κ3) is 4.47. The summed E-state index contributed by atoms with van der Waals surface area (Å²) in [6, 6.07) is 9.75. The van der Waals surface area contributed by atoms with Gasteiger partial charge in [0.2, 0.25) is 5.91 Å². The van der Waals surface area contributed by atoms with E-state index in [-0.39, 0.29) is 17.5 Å². The fraction of sp³-hybridized carbons (Fsp3) is 0.133. The van der Waals surface area contributed by atoms with Gasteiger partial charge in [-0.15, -0.1) is 11.8 Å². The number of hydrogen-bond acceptors (Lipinski definition) is 3. The van der Waals surface area contributed by atoms with Crippen LogP contribution in [0.2, 0.25) is 0 Å². The van der Waals surface area contributed by atoms with Crippen molar-refractivity contribution in [3.63, 3.8) is 0 Å². The first kappa shape index (κ1) is 15.9. The van der Waals surface area contributed by atoms with E-state index in [0.29, 0.717) is 10.6 Å². The van der Waals surface area contributed by atoms with Crippen LogP contribution in [0.3, 0.4) is 0 Å². The van der Waals surface area contributed by atoms with Crippen LogP contribution in [0.1, 0.15) is 5.56 Å². The van der Waals surface area contributed by atoms with Crippen LogP contribution in [-0.2, 0) is 4.79 Å². The maximum absolute atomic E-state index is 12.9. The number of nitrogens with two attached hydrogens (primary N) is 1. The molecule has 0 aromatic heterocycles. The van der Waals surface area contributed by atoms with Gasteiger partial charge in [-0.2, -0.15) is 0 Å². The Hall–Kier alpha value is -1.53. The molecule has 3 N–H and O–H groups in total. The van der Waals surface area contributed by atoms with Crippen LogP contribution in [0, 0.1) is 12.7 Å². The van der Waals surface area contributed by atoms with Crippen LogP contribution in [-0.4, -0.2) is 11.7 Å². The second kappa shape index (κ2) is 6.95. The van der Waals surface area contributed by atoms with Crippen molar-refractivity contribution in [2.75, 3.05) is 16.8 Å². The van der Waals surface area contributed by atoms with Gasteiger partial charge < -0.3 is 11.1 Å². The third-order valence-electron chi connectivity index (χ3n) is 2.77. The Balaban J connectivity index is 1.94. The van der Waals surface area contributed by atoms with Gasteiger partial charge in [0.05, 0.1) is 5.75 Å². The molecule has 0 saturated carbocycles. The topological polar surface area (TPSA) is 55.1 Å². The molecule has 110 valence electrons. The number of amides is 1. The summed E-state index contributed by atoms with van der Waals surface area (Å²) in [7, 11) is 0. The Labute approximate surface area is 135 Å². The Bertz CT molecular complexity index is 679. The second-order valence-corrected chi connectivity index (χ2v) is 6.35. The number of aryl methyl sites for hydroxylation is 1. The van der Waals surface area contributed by atoms with Crippen LogP contribution in [0.5, 0.6) is 0 Å². The molecule has 2 rings (SSSR count). The Morgan fingerprint density at radius 2 is 2.10 bits per heavy atom. The average Bonchev–Trinajstić information content (AvgIpc) is 2.42. The largest absolute Gasteiger partial charge is 0.398 e. The highest BCUT2D eigenvalue weighted by atomic mass is 79.9. The highest BCUT2D eigenvalue weighted by Gasteiger charge is 2.07. The van der Waals surface area contributed by atoms with Gasteiger partial charge in [0, 0.05) is 20.7 Å². The van der Waals surface area contributed by atoms with Crippen LogP contribution in [0.25, 0.3) is 0 Å². The van der Waals surface area contributed by atoms with Crippen LogP contribution >= 0.6 is 27.7 Å². The molecule has 0 heterocycles. The van der Waals surface area contributed by atoms with Crippen LogP contribution in [0.4, 0.5) is 15.8 Å². The molecule has 0 atom stereocenters. The summed E-state index contributed by atoms with van der Waals surface area (Å²) in [5, 5.41) is 2.82. The van der Waals surface area contributed by atoms with Crippen LogP contribution in [0.15, 0.2) is 45.8 Å². The predicted octanol–water partition coefficient (Wildman–Crippen LogP) is 4.21. The lowest BCUT2D eigenvalue weighted by Gasteiger charge is -2.08. The molecule has 0 aliphatic carbocycles. The number of nitrogens with one attached hydrogen (secondary N) is 1. The molecule has 0 aliphatic rings. The first-order valence-corrected chi connectivity index (χ1v) is 7.97. The molecule has 0 spiro atoms. The summed E-state index contributed by atoms with van der Waals surface area (Å²) in [5.41, 5.74) is 7.83. The van der Waals surface area contributed by atoms with Gasteiger partial charge in [0.25, 0.3) is 0 Å². The SMILES string of the molecule is Cc1cc(NC(=O)CSc2ccc(F)cc2N)ccc1Br. The molecule has 0 saturated heterocycles. The van der Waals surface area contributed by atoms with E-state index < -0.39 is 0 Å². The van der Waals surface area contributed by atoms with Gasteiger partial charge in [-0.25, -0.2) is 4.39 Å². The van der Waals surface area contributed by atoms with Crippen molar-refractivity contribution in [3.05, 3.63) is 52.3 Å². The lowest BCUT2D eigenvalue weighted by molar-refractivity contribution is -0.113. The molecule has 21 heavy (non-hydrogen) atoms. The van der Waals surface area contributed by atoms with Crippen molar-refractivity contribution < 1.29 is 9.18 Å². The lowest BCUT2D eigenvalue weighted by Crippen LogP contribution is -2.14. The molecule has 6 heteroatoms. The number of halogens is 2. The molecule has 1 amide bonds. The van der Waals surface area contributed by atoms with Crippen molar-refractivity contribution in [1.29, 1.82) is 0 Å². The zero-order valence-corrected chi connectivity index (χ0v) is 13.7. The highest BCUT2D eigenvalue weighted by Crippen LogP contribution is 2.26. The second-order valence-electron chi connectivity index (χ2n) is 4.48. The fourth-order valence-electron chi connectivity index (χ4n) is 1.71. The van der Waals surface area contributed by atoms with Crippen molar-refractivity contribution in [2.45, 2.75) is 11.8 Å². The molecule has 2 aromatic carbocycles. The maximum atomic E-state index is 12.9. The van der Waals surface area contributed by atoms with Gasteiger partial charge in [0.1, 0.15) is 5.82 Å². The average molecular weight is 369 g/mol. The summed E-state index contributed by atoms with van der Waals surface area (Å²) >= 11 is 4.69. The molecule has 0 radical (unpaired) electrons. The van der Waals surface area contributed by atoms with E-state index in [4.69, 9.17) is 5.73 Å². The first-order chi connectivity index (χ1) is 9.95. The summed E-state index contributed by atoms with van der Waals surface area (Å²) in [6.07, 6.45) is 0. The minimum atomic E-state index is -0.383. The van der Waals surface area contributed by atoms with Crippen molar-refractivity contribution >= 4 is 45.0 Å². The summed E-state index contributed by atoms with van der Waals surface area (Å²) in [4.78, 5) is 12.6. The van der Waals surface area contributed by atoms with Crippen molar-refractivity contribution in [3.8, 4) is 0 Å². The van der Waals surface area contributed by atoms with E-state index in [1.807, 2.05) is 25.1 Å². The minimum Gasteiger partial charge on any atom is -0.398 e. The number of anilines is 2. The van der Waals surface area contributed by atoms with E-state index in [1.165, 1.54) is 23.9 Å². The molecular formula is C15H14BrFN2OS. The van der Waals surface area contributed by atoms with Gasteiger partial charge in [-0.1, -0.05) is 15.9 Å². The number of thioether (sulfide) groups is 1. The monoisotopic (exact) mass is 368 g/mol. The zero-order valence-electron chi connectivity index (χ0n) is 11.3. The van der Waals surface area contributed by atoms with Gasteiger partial charge in [0.15, 0.2) is 0 Å². The Morgan fingerprint density at radius 1 is 1.33 bits per heavy atom. The zero-order chi connectivity index (χ0) is 15.4. The van der Waals surface area contributed by atoms with E-state index >= 15 is 0 Å². The number of rotatable bonds is 4. The summed E-state index contributed by atoms with van der Waals surface area (Å²) in [6.45, 7) is 1.95. The Kier molecular flexibility index (Phi) is 5.25. The van der Waals surface area contributed by atoms with Gasteiger partial charge >= 0.3 is 0 Å². The molecule has 3 nitrogen and oxygen atoms in total. The van der Waals surface area contributed by atoms with Gasteiger partial charge in [-0.05, 0) is 48.9 Å². The van der Waals surface area contributed by atoms with Crippen LogP contribution < -0.4 is 11.1 Å². The molecule has 0 aliphatic heterocycles. The predicted molar refractivity (Wildman–Crippen MR) is 89.0 cm³/mol. The first-order valence-electron chi connectivity index (χ1n) is 6.19. The fourth-order valence-corrected chi connectivity index (χ4v) is 2.71. The van der Waals surface area contributed by atoms with Crippen molar-refractivity contribution in [1.82, 2.24) is 0 Å². The summed E-state index contributed by atoms with van der Waals surface area (Å²) in [5.74, 6) is -0.303. The number of carbonyl (C=O) groups is 1. The van der Waals surface area contributed by atoms with E-state index in [9.17, 15) is 9.18 Å². The number of benzene rings is 2. The quantitative estimate of drug-likeness (QED) is 0.627. The molecule has 0 fully saturated rings. The number of hydrogen-bond donors (Lipinski definition) is 2. The standard InChI is InChI=1S/C15H14BrFN2OS/c1-9-6-11(3-4-12(9)16)19-15(20)8-21-14-5-2-10(17)7-13(14)18/h2-7H,8,18H2,1H3,(H,19,20). The normalized spacial score (nSPS) is 10.4. The smallest absolute Gasteiger partial charge is 0.234 e. The number of nitrogen functional groups attached to an aromatic ring is 1. The molecule has 0 unspecified atom stereocenters. The molecular weight excluding hydrogens is 355 g/mol.